The van der Waals surface area contributed by atoms with Crippen molar-refractivity contribution in [3.8, 4) is 5.75 Å². The number of carboxylic acid groups (broad SMARTS) is 1. The smallest absolute Gasteiger partial charge is 0.339 e. The second-order valence-corrected chi connectivity index (χ2v) is 7.65. The van der Waals surface area contributed by atoms with E-state index in [0.717, 1.165) is 5.56 Å². The molecule has 2 atom stereocenters. The van der Waals surface area contributed by atoms with Crippen LogP contribution < -0.4 is 10.5 Å². The van der Waals surface area contributed by atoms with Crippen LogP contribution in [0.15, 0.2) is 42.5 Å². The summed E-state index contributed by atoms with van der Waals surface area (Å²) in [6.07, 6.45) is 0. The number of carbonyl (C=O) groups is 2. The number of hydrogen-bond acceptors (Lipinski definition) is 5. The van der Waals surface area contributed by atoms with Gasteiger partial charge in [0.1, 0.15) is 17.1 Å². The van der Waals surface area contributed by atoms with Crippen LogP contribution >= 0.6 is 0 Å². The molecule has 8 heteroatoms. The third-order valence-corrected chi connectivity index (χ3v) is 5.32. The molecule has 0 radical (unpaired) electrons. The maximum Gasteiger partial charge on any atom is 0.339 e. The fourth-order valence-corrected chi connectivity index (χ4v) is 3.65. The number of nitrogen functional groups attached to an aromatic ring is 1. The Labute approximate surface area is 174 Å². The minimum Gasteiger partial charge on any atom is -0.483 e. The van der Waals surface area contributed by atoms with E-state index in [9.17, 15) is 19.1 Å². The Hall–Kier alpha value is -3.13. The predicted molar refractivity (Wildman–Crippen MR) is 111 cm³/mol. The van der Waals surface area contributed by atoms with E-state index >= 15 is 0 Å². The Morgan fingerprint density at radius 3 is 2.50 bits per heavy atom. The Balaban J connectivity index is 1.61. The number of ether oxygens (including phenoxy) is 1. The van der Waals surface area contributed by atoms with Gasteiger partial charge in [0, 0.05) is 43.5 Å². The highest BCUT2D eigenvalue weighted by molar-refractivity contribution is 5.91. The molecule has 1 saturated heterocycles. The summed E-state index contributed by atoms with van der Waals surface area (Å²) in [6.45, 7) is 5.60. The highest BCUT2D eigenvalue weighted by Crippen LogP contribution is 2.23. The summed E-state index contributed by atoms with van der Waals surface area (Å²) in [5, 5.41) is 9.27. The molecule has 160 valence electrons. The average molecular weight is 415 g/mol. The second kappa shape index (κ2) is 9.13. The quantitative estimate of drug-likeness (QED) is 0.704. The lowest BCUT2D eigenvalue weighted by atomic mass is 10.1. The summed E-state index contributed by atoms with van der Waals surface area (Å²) in [5.41, 5.74) is 7.05. The Morgan fingerprint density at radius 1 is 1.13 bits per heavy atom. The summed E-state index contributed by atoms with van der Waals surface area (Å²) < 4.78 is 18.6. The van der Waals surface area contributed by atoms with Gasteiger partial charge in [-0.15, -0.1) is 0 Å². The molecule has 0 aliphatic carbocycles. The van der Waals surface area contributed by atoms with Crippen molar-refractivity contribution in [2.24, 2.45) is 0 Å². The number of anilines is 1. The van der Waals surface area contributed by atoms with Gasteiger partial charge in [0.05, 0.1) is 0 Å². The van der Waals surface area contributed by atoms with E-state index in [-0.39, 0.29) is 41.7 Å². The van der Waals surface area contributed by atoms with Crippen LogP contribution in [0.4, 0.5) is 10.1 Å². The number of nitrogens with zero attached hydrogens (tertiary/aromatic N) is 2. The van der Waals surface area contributed by atoms with Gasteiger partial charge < -0.3 is 20.5 Å². The summed E-state index contributed by atoms with van der Waals surface area (Å²) in [5.74, 6) is -1.54. The highest BCUT2D eigenvalue weighted by atomic mass is 19.1. The number of piperazine rings is 1. The molecule has 1 fully saturated rings. The van der Waals surface area contributed by atoms with Crippen molar-refractivity contribution in [2.45, 2.75) is 32.5 Å². The van der Waals surface area contributed by atoms with Gasteiger partial charge in [-0.05, 0) is 43.7 Å². The Morgan fingerprint density at radius 2 is 1.83 bits per heavy atom. The van der Waals surface area contributed by atoms with Gasteiger partial charge in [-0.2, -0.15) is 0 Å². The summed E-state index contributed by atoms with van der Waals surface area (Å²) in [7, 11) is 0. The van der Waals surface area contributed by atoms with Crippen LogP contribution in [-0.4, -0.2) is 58.6 Å². The fourth-order valence-electron chi connectivity index (χ4n) is 3.65. The van der Waals surface area contributed by atoms with Crippen molar-refractivity contribution in [3.63, 3.8) is 0 Å². The highest BCUT2D eigenvalue weighted by Gasteiger charge is 2.32. The molecule has 1 aliphatic rings. The number of carbonyl (C=O) groups excluding carboxylic acids is 1. The molecule has 3 N–H and O–H groups in total. The van der Waals surface area contributed by atoms with Gasteiger partial charge in [-0.25, -0.2) is 9.18 Å². The molecule has 1 aliphatic heterocycles. The van der Waals surface area contributed by atoms with Crippen LogP contribution in [0.1, 0.15) is 29.8 Å². The van der Waals surface area contributed by atoms with Crippen LogP contribution in [0.2, 0.25) is 0 Å². The number of aromatic carboxylic acids is 1. The number of benzene rings is 2. The minimum absolute atomic E-state index is 0.0393. The lowest BCUT2D eigenvalue weighted by Gasteiger charge is -2.44. The van der Waals surface area contributed by atoms with Crippen molar-refractivity contribution in [1.82, 2.24) is 9.80 Å². The molecular weight excluding hydrogens is 389 g/mol. The molecule has 1 heterocycles. The second-order valence-electron chi connectivity index (χ2n) is 7.65. The fraction of sp³-hybridized carbons (Fsp3) is 0.364. The molecule has 7 nitrogen and oxygen atoms in total. The SMILES string of the molecule is C[C@@H]1CN(C(=O)COc2cc(N)ccc2C(=O)O)[C@@H](C)CN1Cc1ccc(F)cc1. The maximum atomic E-state index is 13.1. The molecule has 0 bridgehead atoms. The van der Waals surface area contributed by atoms with Crippen molar-refractivity contribution in [2.75, 3.05) is 25.4 Å². The third-order valence-electron chi connectivity index (χ3n) is 5.32. The van der Waals surface area contributed by atoms with Crippen LogP contribution in [0.25, 0.3) is 0 Å². The minimum atomic E-state index is -1.14. The molecule has 30 heavy (non-hydrogen) atoms. The van der Waals surface area contributed by atoms with E-state index in [1.807, 2.05) is 13.8 Å². The van der Waals surface area contributed by atoms with Crippen molar-refractivity contribution < 1.29 is 23.8 Å². The number of halogens is 1. The normalized spacial score (nSPS) is 19.5. The summed E-state index contributed by atoms with van der Waals surface area (Å²) in [4.78, 5) is 28.1. The first-order valence-electron chi connectivity index (χ1n) is 9.78. The van der Waals surface area contributed by atoms with Crippen LogP contribution in [0.5, 0.6) is 5.75 Å². The van der Waals surface area contributed by atoms with E-state index in [2.05, 4.69) is 4.90 Å². The lowest BCUT2D eigenvalue weighted by molar-refractivity contribution is -0.139. The van der Waals surface area contributed by atoms with Crippen molar-refractivity contribution in [1.29, 1.82) is 0 Å². The molecule has 0 saturated carbocycles. The molecule has 0 aromatic heterocycles. The zero-order valence-corrected chi connectivity index (χ0v) is 17.0. The number of carboxylic acids is 1. The molecule has 2 aromatic carbocycles. The zero-order chi connectivity index (χ0) is 21.8. The lowest BCUT2D eigenvalue weighted by Crippen LogP contribution is -2.58. The predicted octanol–water partition coefficient (Wildman–Crippen LogP) is 2.61. The standard InChI is InChI=1S/C22H26FN3O4/c1-14-11-26(15(2)10-25(14)12-16-3-5-17(23)6-4-16)21(27)13-30-20-9-18(24)7-8-19(20)22(28)29/h3-9,14-15H,10-13,24H2,1-2H3,(H,28,29)/t14-,15+/m1/s1. The first-order chi connectivity index (χ1) is 14.2. The molecule has 2 aromatic rings. The maximum absolute atomic E-state index is 13.1. The van der Waals surface area contributed by atoms with Gasteiger partial charge >= 0.3 is 5.97 Å². The monoisotopic (exact) mass is 415 g/mol. The summed E-state index contributed by atoms with van der Waals surface area (Å²) >= 11 is 0. The number of amides is 1. The van der Waals surface area contributed by atoms with Gasteiger partial charge in [-0.1, -0.05) is 12.1 Å². The van der Waals surface area contributed by atoms with Gasteiger partial charge in [0.25, 0.3) is 5.91 Å². The summed E-state index contributed by atoms with van der Waals surface area (Å²) in [6, 6.07) is 10.7. The van der Waals surface area contributed by atoms with E-state index in [1.165, 1.54) is 30.3 Å². The first kappa shape index (κ1) is 21.6. The number of rotatable bonds is 6. The van der Waals surface area contributed by atoms with Crippen LogP contribution in [0, 0.1) is 5.82 Å². The van der Waals surface area contributed by atoms with E-state index in [4.69, 9.17) is 10.5 Å². The molecule has 3 rings (SSSR count). The molecule has 1 amide bonds. The molecular formula is C22H26FN3O4. The van der Waals surface area contributed by atoms with Gasteiger partial charge in [-0.3, -0.25) is 9.69 Å². The van der Waals surface area contributed by atoms with E-state index in [0.29, 0.717) is 25.3 Å². The zero-order valence-electron chi connectivity index (χ0n) is 17.0. The van der Waals surface area contributed by atoms with Crippen LogP contribution in [0.3, 0.4) is 0 Å². The van der Waals surface area contributed by atoms with E-state index < -0.39 is 5.97 Å². The number of hydrogen-bond donors (Lipinski definition) is 2. The molecule has 0 unspecified atom stereocenters. The average Bonchev–Trinajstić information content (AvgIpc) is 2.70. The van der Waals surface area contributed by atoms with Crippen LogP contribution in [-0.2, 0) is 11.3 Å². The van der Waals surface area contributed by atoms with E-state index in [1.54, 1.807) is 17.0 Å². The number of nitrogens with two attached hydrogens (primary N) is 1. The first-order valence-corrected chi connectivity index (χ1v) is 9.78. The Bertz CT molecular complexity index is 919. The molecule has 0 spiro atoms. The topological polar surface area (TPSA) is 96.1 Å². The third kappa shape index (κ3) is 5.07. The largest absolute Gasteiger partial charge is 0.483 e. The van der Waals surface area contributed by atoms with Gasteiger partial charge in [0.2, 0.25) is 0 Å². The van der Waals surface area contributed by atoms with Gasteiger partial charge in [0.15, 0.2) is 6.61 Å². The van der Waals surface area contributed by atoms with Crippen molar-refractivity contribution in [3.05, 3.63) is 59.4 Å². The Kier molecular flexibility index (Phi) is 6.56. The van der Waals surface area contributed by atoms with Crippen molar-refractivity contribution >= 4 is 17.6 Å².